The molecular weight excluding hydrogens is 354 g/mol. The molecule has 3 aromatic rings. The van der Waals surface area contributed by atoms with Crippen LogP contribution in [0.15, 0.2) is 60.8 Å². The van der Waals surface area contributed by atoms with Crippen LogP contribution in [0.5, 0.6) is 0 Å². The summed E-state index contributed by atoms with van der Waals surface area (Å²) in [4.78, 5) is 24.0. The van der Waals surface area contributed by atoms with Crippen LogP contribution in [0.25, 0.3) is 16.9 Å². The number of rotatable bonds is 6. The molecule has 0 spiro atoms. The number of benzene rings is 2. The summed E-state index contributed by atoms with van der Waals surface area (Å²) in [5.41, 5.74) is 8.77. The highest BCUT2D eigenvalue weighted by atomic mass is 16.5. The molecule has 2 aromatic carbocycles. The molecule has 28 heavy (non-hydrogen) atoms. The Hall–Kier alpha value is -3.41. The van der Waals surface area contributed by atoms with Gasteiger partial charge in [-0.1, -0.05) is 56.3 Å². The summed E-state index contributed by atoms with van der Waals surface area (Å²) in [5, 5.41) is 4.60. The maximum Gasteiger partial charge on any atom is 0.342 e. The van der Waals surface area contributed by atoms with E-state index in [9.17, 15) is 9.59 Å². The van der Waals surface area contributed by atoms with Crippen molar-refractivity contribution in [2.24, 2.45) is 5.73 Å². The van der Waals surface area contributed by atoms with Crippen molar-refractivity contribution in [3.8, 4) is 16.9 Å². The highest BCUT2D eigenvalue weighted by molar-refractivity contribution is 5.97. The second-order valence-electron chi connectivity index (χ2n) is 6.90. The number of para-hydroxylation sites is 1. The Balaban J connectivity index is 2.04. The summed E-state index contributed by atoms with van der Waals surface area (Å²) in [6.07, 6.45) is 0.584. The van der Waals surface area contributed by atoms with Crippen molar-refractivity contribution in [3.63, 3.8) is 0 Å². The minimum absolute atomic E-state index is 0.272. The Bertz CT molecular complexity index is 976. The fourth-order valence-electron chi connectivity index (χ4n) is 2.76. The number of nitrogens with two attached hydrogens (primary N) is 1. The van der Waals surface area contributed by atoms with Gasteiger partial charge in [-0.15, -0.1) is 0 Å². The third-order valence-electron chi connectivity index (χ3n) is 4.49. The summed E-state index contributed by atoms with van der Waals surface area (Å²) in [5.74, 6) is -0.945. The molecule has 144 valence electrons. The lowest BCUT2D eigenvalue weighted by molar-refractivity contribution is -0.125. The molecule has 6 nitrogen and oxygen atoms in total. The summed E-state index contributed by atoms with van der Waals surface area (Å²) in [6, 6.07) is 17.4. The summed E-state index contributed by atoms with van der Waals surface area (Å²) >= 11 is 0. The van der Waals surface area contributed by atoms with E-state index in [0.717, 1.165) is 11.3 Å². The molecule has 1 atom stereocenters. The van der Waals surface area contributed by atoms with Gasteiger partial charge in [0, 0.05) is 11.8 Å². The van der Waals surface area contributed by atoms with Gasteiger partial charge in [-0.3, -0.25) is 4.79 Å². The topological polar surface area (TPSA) is 87.2 Å². The van der Waals surface area contributed by atoms with Gasteiger partial charge in [0.1, 0.15) is 11.3 Å². The lowest BCUT2D eigenvalue weighted by Gasteiger charge is -2.10. The summed E-state index contributed by atoms with van der Waals surface area (Å²) in [7, 11) is 0. The van der Waals surface area contributed by atoms with Crippen molar-refractivity contribution in [3.05, 3.63) is 71.9 Å². The Kier molecular flexibility index (Phi) is 5.59. The van der Waals surface area contributed by atoms with E-state index in [1.54, 1.807) is 10.9 Å². The van der Waals surface area contributed by atoms with E-state index in [0.29, 0.717) is 11.6 Å². The predicted octanol–water partition coefficient (Wildman–Crippen LogP) is 3.69. The largest absolute Gasteiger partial charge is 0.449 e. The third kappa shape index (κ3) is 4.11. The first-order valence-electron chi connectivity index (χ1n) is 9.12. The van der Waals surface area contributed by atoms with Gasteiger partial charge < -0.3 is 10.5 Å². The first kappa shape index (κ1) is 19.4. The highest BCUT2D eigenvalue weighted by Gasteiger charge is 2.23. The molecule has 1 amide bonds. The predicted molar refractivity (Wildman–Crippen MR) is 107 cm³/mol. The molecular formula is C22H23N3O3. The number of nitrogens with zero attached hydrogens (tertiary/aromatic N) is 2. The van der Waals surface area contributed by atoms with E-state index >= 15 is 0 Å². The van der Waals surface area contributed by atoms with Gasteiger partial charge in [0.15, 0.2) is 6.10 Å². The molecule has 3 rings (SSSR count). The van der Waals surface area contributed by atoms with Crippen LogP contribution in [-0.2, 0) is 9.53 Å². The van der Waals surface area contributed by atoms with Crippen LogP contribution in [0.3, 0.4) is 0 Å². The third-order valence-corrected chi connectivity index (χ3v) is 4.49. The summed E-state index contributed by atoms with van der Waals surface area (Å²) in [6.45, 7) is 5.68. The Morgan fingerprint density at radius 1 is 1.00 bits per heavy atom. The van der Waals surface area contributed by atoms with Crippen LogP contribution in [0.4, 0.5) is 0 Å². The average Bonchev–Trinajstić information content (AvgIpc) is 3.14. The molecule has 6 heteroatoms. The fraction of sp³-hybridized carbons (Fsp3) is 0.227. The minimum atomic E-state index is -1.02. The number of primary amides is 1. The van der Waals surface area contributed by atoms with E-state index in [1.807, 2.05) is 54.6 Å². The van der Waals surface area contributed by atoms with Crippen LogP contribution >= 0.6 is 0 Å². The van der Waals surface area contributed by atoms with Crippen LogP contribution in [0.1, 0.15) is 42.6 Å². The van der Waals surface area contributed by atoms with Crippen LogP contribution < -0.4 is 5.73 Å². The molecule has 1 heterocycles. The smallest absolute Gasteiger partial charge is 0.342 e. The standard InChI is InChI=1S/C22H23N3O3/c1-14(2)16-9-11-17(12-10-16)20-19(22(27)28-15(3)21(23)26)13-25(24-20)18-7-5-4-6-8-18/h4-15H,1-3H3,(H2,23,26)/t15-/m1/s1. The fourth-order valence-corrected chi connectivity index (χ4v) is 2.76. The zero-order chi connectivity index (χ0) is 20.3. The van der Waals surface area contributed by atoms with Crippen molar-refractivity contribution in [1.29, 1.82) is 0 Å². The SMILES string of the molecule is CC(C)c1ccc(-c2nn(-c3ccccc3)cc2C(=O)O[C@H](C)C(N)=O)cc1. The maximum absolute atomic E-state index is 12.7. The van der Waals surface area contributed by atoms with E-state index in [2.05, 4.69) is 18.9 Å². The van der Waals surface area contributed by atoms with Gasteiger partial charge >= 0.3 is 5.97 Å². The van der Waals surface area contributed by atoms with E-state index < -0.39 is 18.0 Å². The van der Waals surface area contributed by atoms with Crippen LogP contribution in [-0.4, -0.2) is 27.8 Å². The number of hydrogen-bond acceptors (Lipinski definition) is 4. The second kappa shape index (κ2) is 8.08. The first-order chi connectivity index (χ1) is 13.4. The van der Waals surface area contributed by atoms with Gasteiger partial charge in [0.25, 0.3) is 5.91 Å². The molecule has 0 aliphatic heterocycles. The molecule has 2 N–H and O–H groups in total. The molecule has 0 radical (unpaired) electrons. The van der Waals surface area contributed by atoms with Gasteiger partial charge in [-0.2, -0.15) is 5.10 Å². The zero-order valence-corrected chi connectivity index (χ0v) is 16.1. The lowest BCUT2D eigenvalue weighted by Crippen LogP contribution is -2.30. The first-order valence-corrected chi connectivity index (χ1v) is 9.12. The van der Waals surface area contributed by atoms with Gasteiger partial charge in [0.05, 0.1) is 5.69 Å². The lowest BCUT2D eigenvalue weighted by atomic mass is 10.00. The number of aromatic nitrogens is 2. The highest BCUT2D eigenvalue weighted by Crippen LogP contribution is 2.26. The van der Waals surface area contributed by atoms with Gasteiger partial charge in [-0.25, -0.2) is 9.48 Å². The van der Waals surface area contributed by atoms with Crippen LogP contribution in [0, 0.1) is 0 Å². The minimum Gasteiger partial charge on any atom is -0.449 e. The van der Waals surface area contributed by atoms with Crippen molar-refractivity contribution in [2.45, 2.75) is 32.8 Å². The Morgan fingerprint density at radius 3 is 2.21 bits per heavy atom. The van der Waals surface area contributed by atoms with Gasteiger partial charge in [0.2, 0.25) is 0 Å². The number of ether oxygens (including phenoxy) is 1. The van der Waals surface area contributed by atoms with E-state index in [4.69, 9.17) is 10.5 Å². The Morgan fingerprint density at radius 2 is 1.64 bits per heavy atom. The van der Waals surface area contributed by atoms with Crippen molar-refractivity contribution in [1.82, 2.24) is 9.78 Å². The average molecular weight is 377 g/mol. The van der Waals surface area contributed by atoms with Crippen molar-refractivity contribution in [2.75, 3.05) is 0 Å². The van der Waals surface area contributed by atoms with Crippen molar-refractivity contribution < 1.29 is 14.3 Å². The molecule has 0 unspecified atom stereocenters. The molecule has 0 saturated heterocycles. The van der Waals surface area contributed by atoms with Crippen LogP contribution in [0.2, 0.25) is 0 Å². The zero-order valence-electron chi connectivity index (χ0n) is 16.1. The maximum atomic E-state index is 12.7. The molecule has 0 aliphatic carbocycles. The Labute approximate surface area is 163 Å². The molecule has 0 saturated carbocycles. The quantitative estimate of drug-likeness (QED) is 0.664. The number of carbonyl (C=O) groups is 2. The second-order valence-corrected chi connectivity index (χ2v) is 6.90. The van der Waals surface area contributed by atoms with E-state index in [-0.39, 0.29) is 5.56 Å². The number of hydrogen-bond donors (Lipinski definition) is 1. The van der Waals surface area contributed by atoms with Crippen molar-refractivity contribution >= 4 is 11.9 Å². The van der Waals surface area contributed by atoms with E-state index in [1.165, 1.54) is 12.5 Å². The number of carbonyl (C=O) groups excluding carboxylic acids is 2. The normalized spacial score (nSPS) is 12.0. The monoisotopic (exact) mass is 377 g/mol. The number of esters is 1. The summed E-state index contributed by atoms with van der Waals surface area (Å²) < 4.78 is 6.83. The molecule has 0 bridgehead atoms. The molecule has 1 aromatic heterocycles. The number of amides is 1. The molecule has 0 fully saturated rings. The van der Waals surface area contributed by atoms with Gasteiger partial charge in [-0.05, 0) is 30.5 Å². The molecule has 0 aliphatic rings.